The van der Waals surface area contributed by atoms with Crippen molar-refractivity contribution in [3.8, 4) is 0 Å². The third kappa shape index (κ3) is 4.12. The highest BCUT2D eigenvalue weighted by molar-refractivity contribution is 5.93. The second kappa shape index (κ2) is 6.67. The van der Waals surface area contributed by atoms with E-state index in [-0.39, 0.29) is 12.1 Å². The number of benzene rings is 1. The zero-order chi connectivity index (χ0) is 19.0. The van der Waals surface area contributed by atoms with Gasteiger partial charge < -0.3 is 20.5 Å². The van der Waals surface area contributed by atoms with Crippen LogP contribution in [0.15, 0.2) is 18.2 Å². The minimum atomic E-state index is -0.581. The fourth-order valence-electron chi connectivity index (χ4n) is 3.40. The zero-order valence-corrected chi connectivity index (χ0v) is 15.8. The van der Waals surface area contributed by atoms with E-state index in [0.717, 1.165) is 11.1 Å². The maximum atomic E-state index is 12.3. The first-order valence-electron chi connectivity index (χ1n) is 8.41. The number of primary amides is 1. The Kier molecular flexibility index (Phi) is 5.14. The molecule has 0 saturated carbocycles. The van der Waals surface area contributed by atoms with E-state index < -0.39 is 23.0 Å². The first kappa shape index (κ1) is 19.2. The Morgan fingerprint density at radius 2 is 1.92 bits per heavy atom. The first-order chi connectivity index (χ1) is 11.5. The highest BCUT2D eigenvalue weighted by atomic mass is 16.6. The molecule has 25 heavy (non-hydrogen) atoms. The standard InChI is InChI=1S/C19H28N2O4/c1-18(2,3)25-17(23)21-15-14(24-6)10-11-7-8-12(16(20)22)9-13(11)19(15,4)5/h7-9,14-15H,10H2,1-6H3,(H2,20,22)(H,21,23). The maximum absolute atomic E-state index is 12.3. The van der Waals surface area contributed by atoms with E-state index in [1.165, 1.54) is 0 Å². The van der Waals surface area contributed by atoms with Crippen molar-refractivity contribution in [3.63, 3.8) is 0 Å². The summed E-state index contributed by atoms with van der Waals surface area (Å²) in [4.78, 5) is 23.8. The molecule has 2 unspecified atom stereocenters. The molecule has 0 aliphatic heterocycles. The molecular weight excluding hydrogens is 320 g/mol. The molecule has 1 aliphatic carbocycles. The van der Waals surface area contributed by atoms with E-state index in [9.17, 15) is 9.59 Å². The van der Waals surface area contributed by atoms with Gasteiger partial charge in [0.25, 0.3) is 0 Å². The Morgan fingerprint density at radius 1 is 1.28 bits per heavy atom. The topological polar surface area (TPSA) is 90.6 Å². The van der Waals surface area contributed by atoms with Gasteiger partial charge in [0.15, 0.2) is 0 Å². The molecule has 3 N–H and O–H groups in total. The van der Waals surface area contributed by atoms with E-state index in [1.54, 1.807) is 13.2 Å². The van der Waals surface area contributed by atoms with Crippen LogP contribution in [0, 0.1) is 0 Å². The van der Waals surface area contributed by atoms with Crippen molar-refractivity contribution >= 4 is 12.0 Å². The van der Waals surface area contributed by atoms with E-state index >= 15 is 0 Å². The second-order valence-electron chi connectivity index (χ2n) is 8.06. The lowest BCUT2D eigenvalue weighted by Crippen LogP contribution is -2.58. The van der Waals surface area contributed by atoms with Gasteiger partial charge in [-0.15, -0.1) is 0 Å². The number of ether oxygens (including phenoxy) is 2. The Labute approximate surface area is 149 Å². The number of rotatable bonds is 3. The van der Waals surface area contributed by atoms with E-state index in [4.69, 9.17) is 15.2 Å². The summed E-state index contributed by atoms with van der Waals surface area (Å²) >= 11 is 0. The Hall–Kier alpha value is -2.08. The average molecular weight is 348 g/mol. The van der Waals surface area contributed by atoms with Crippen molar-refractivity contribution in [3.05, 3.63) is 34.9 Å². The number of amides is 2. The molecule has 6 heteroatoms. The van der Waals surface area contributed by atoms with Crippen LogP contribution in [0.2, 0.25) is 0 Å². The molecule has 1 aromatic rings. The van der Waals surface area contributed by atoms with Crippen LogP contribution in [0.1, 0.15) is 56.1 Å². The van der Waals surface area contributed by atoms with Gasteiger partial charge in [-0.05, 0) is 44.0 Å². The fourth-order valence-corrected chi connectivity index (χ4v) is 3.40. The molecular formula is C19H28N2O4. The van der Waals surface area contributed by atoms with Crippen molar-refractivity contribution in [2.75, 3.05) is 7.11 Å². The van der Waals surface area contributed by atoms with Crippen LogP contribution in [0.4, 0.5) is 4.79 Å². The third-order valence-corrected chi connectivity index (χ3v) is 4.63. The molecule has 0 spiro atoms. The van der Waals surface area contributed by atoms with Gasteiger partial charge in [-0.3, -0.25) is 4.79 Å². The first-order valence-corrected chi connectivity index (χ1v) is 8.41. The number of fused-ring (bicyclic) bond motifs is 1. The monoisotopic (exact) mass is 348 g/mol. The molecule has 2 rings (SSSR count). The molecule has 0 fully saturated rings. The summed E-state index contributed by atoms with van der Waals surface area (Å²) in [5.41, 5.74) is 6.91. The lowest BCUT2D eigenvalue weighted by molar-refractivity contribution is 0.0156. The van der Waals surface area contributed by atoms with Gasteiger partial charge in [0.2, 0.25) is 5.91 Å². The van der Waals surface area contributed by atoms with Crippen molar-refractivity contribution in [1.29, 1.82) is 0 Å². The largest absolute Gasteiger partial charge is 0.444 e. The summed E-state index contributed by atoms with van der Waals surface area (Å²) in [6.07, 6.45) is -0.0500. The molecule has 0 aromatic heterocycles. The van der Waals surface area contributed by atoms with Crippen molar-refractivity contribution in [1.82, 2.24) is 5.32 Å². The molecule has 1 aromatic carbocycles. The molecule has 2 amide bonds. The molecule has 0 saturated heterocycles. The van der Waals surface area contributed by atoms with Crippen LogP contribution in [-0.2, 0) is 21.3 Å². The predicted molar refractivity (Wildman–Crippen MR) is 95.6 cm³/mol. The second-order valence-corrected chi connectivity index (χ2v) is 8.06. The van der Waals surface area contributed by atoms with Gasteiger partial charge in [-0.25, -0.2) is 4.79 Å². The van der Waals surface area contributed by atoms with Gasteiger partial charge in [-0.1, -0.05) is 19.9 Å². The van der Waals surface area contributed by atoms with Crippen LogP contribution in [0.5, 0.6) is 0 Å². The number of alkyl carbamates (subject to hydrolysis) is 1. The van der Waals surface area contributed by atoms with Gasteiger partial charge in [0, 0.05) is 24.5 Å². The lowest BCUT2D eigenvalue weighted by atomic mass is 9.67. The normalized spacial score (nSPS) is 22.0. The minimum Gasteiger partial charge on any atom is -0.444 e. The van der Waals surface area contributed by atoms with Crippen molar-refractivity contribution < 1.29 is 19.1 Å². The number of nitrogens with one attached hydrogen (secondary N) is 1. The Bertz CT molecular complexity index is 676. The molecule has 0 radical (unpaired) electrons. The Balaban J connectivity index is 2.38. The summed E-state index contributed by atoms with van der Waals surface area (Å²) in [6.45, 7) is 9.50. The SMILES string of the molecule is COC1Cc2ccc(C(N)=O)cc2C(C)(C)C1NC(=O)OC(C)(C)C. The van der Waals surface area contributed by atoms with Crippen LogP contribution < -0.4 is 11.1 Å². The smallest absolute Gasteiger partial charge is 0.407 e. The van der Waals surface area contributed by atoms with Crippen LogP contribution >= 0.6 is 0 Å². The summed E-state index contributed by atoms with van der Waals surface area (Å²) in [6, 6.07) is 5.15. The molecule has 0 bridgehead atoms. The van der Waals surface area contributed by atoms with E-state index in [1.807, 2.05) is 46.8 Å². The number of carbonyl (C=O) groups excluding carboxylic acids is 2. The fraction of sp³-hybridized carbons (Fsp3) is 0.579. The van der Waals surface area contributed by atoms with Gasteiger partial charge in [0.05, 0.1) is 12.1 Å². The highest BCUT2D eigenvalue weighted by Gasteiger charge is 2.44. The quantitative estimate of drug-likeness (QED) is 0.878. The van der Waals surface area contributed by atoms with Crippen molar-refractivity contribution in [2.24, 2.45) is 5.73 Å². The zero-order valence-electron chi connectivity index (χ0n) is 15.8. The predicted octanol–water partition coefficient (Wildman–Crippen LogP) is 2.53. The van der Waals surface area contributed by atoms with Crippen LogP contribution in [0.25, 0.3) is 0 Å². The maximum Gasteiger partial charge on any atom is 0.407 e. The summed E-state index contributed by atoms with van der Waals surface area (Å²) in [7, 11) is 1.63. The summed E-state index contributed by atoms with van der Waals surface area (Å²) in [5, 5.41) is 2.95. The average Bonchev–Trinajstić information content (AvgIpc) is 2.47. The molecule has 0 heterocycles. The molecule has 1 aliphatic rings. The molecule has 2 atom stereocenters. The number of methoxy groups -OCH3 is 1. The summed E-state index contributed by atoms with van der Waals surface area (Å²) < 4.78 is 11.0. The van der Waals surface area contributed by atoms with Gasteiger partial charge >= 0.3 is 6.09 Å². The lowest BCUT2D eigenvalue weighted by Gasteiger charge is -2.45. The number of carbonyl (C=O) groups is 2. The van der Waals surface area contributed by atoms with Crippen LogP contribution in [0.3, 0.4) is 0 Å². The van der Waals surface area contributed by atoms with Crippen LogP contribution in [-0.4, -0.2) is 36.9 Å². The number of hydrogen-bond donors (Lipinski definition) is 2. The third-order valence-electron chi connectivity index (χ3n) is 4.63. The van der Waals surface area contributed by atoms with E-state index in [2.05, 4.69) is 5.32 Å². The van der Waals surface area contributed by atoms with Gasteiger partial charge in [0.1, 0.15) is 5.60 Å². The minimum absolute atomic E-state index is 0.200. The Morgan fingerprint density at radius 3 is 2.44 bits per heavy atom. The molecule has 6 nitrogen and oxygen atoms in total. The van der Waals surface area contributed by atoms with E-state index in [0.29, 0.717) is 12.0 Å². The van der Waals surface area contributed by atoms with Gasteiger partial charge in [-0.2, -0.15) is 0 Å². The number of hydrogen-bond acceptors (Lipinski definition) is 4. The highest BCUT2D eigenvalue weighted by Crippen LogP contribution is 2.38. The molecule has 138 valence electrons. The van der Waals surface area contributed by atoms with Crippen molar-refractivity contribution in [2.45, 2.75) is 64.2 Å². The summed E-state index contributed by atoms with van der Waals surface area (Å²) in [5.74, 6) is -0.468. The number of nitrogens with two attached hydrogens (primary N) is 1.